The highest BCUT2D eigenvalue weighted by Crippen LogP contribution is 2.06. The van der Waals surface area contributed by atoms with Crippen molar-refractivity contribution in [2.45, 2.75) is 39.2 Å². The normalized spacial score (nSPS) is 23.2. The monoisotopic (exact) mass is 184 g/mol. The number of hydrogen-bond donors (Lipinski definition) is 1. The number of unbranched alkanes of at least 4 members (excludes halogenated alkanes) is 1. The maximum Gasteiger partial charge on any atom is 0.219 e. The van der Waals surface area contributed by atoms with Gasteiger partial charge in [-0.3, -0.25) is 4.79 Å². The second kappa shape index (κ2) is 5.22. The van der Waals surface area contributed by atoms with E-state index in [0.29, 0.717) is 6.04 Å². The van der Waals surface area contributed by atoms with Gasteiger partial charge in [-0.25, -0.2) is 0 Å². The van der Waals surface area contributed by atoms with Gasteiger partial charge in [0, 0.05) is 32.6 Å². The molecule has 1 aliphatic heterocycles. The van der Waals surface area contributed by atoms with Crippen LogP contribution in [0.3, 0.4) is 0 Å². The van der Waals surface area contributed by atoms with Crippen molar-refractivity contribution in [2.24, 2.45) is 0 Å². The molecule has 0 aromatic rings. The van der Waals surface area contributed by atoms with Gasteiger partial charge in [0.1, 0.15) is 0 Å². The Labute approximate surface area is 80.5 Å². The molecule has 0 saturated carbocycles. The van der Waals surface area contributed by atoms with E-state index in [0.717, 1.165) is 19.6 Å². The lowest BCUT2D eigenvalue weighted by Gasteiger charge is -2.33. The van der Waals surface area contributed by atoms with Crippen molar-refractivity contribution >= 4 is 5.91 Å². The molecule has 13 heavy (non-hydrogen) atoms. The molecule has 0 bridgehead atoms. The Bertz CT molecular complexity index is 170. The lowest BCUT2D eigenvalue weighted by Crippen LogP contribution is -2.51. The van der Waals surface area contributed by atoms with Crippen molar-refractivity contribution < 1.29 is 4.79 Å². The van der Waals surface area contributed by atoms with Crippen LogP contribution in [0.1, 0.15) is 33.1 Å². The number of hydrogen-bond acceptors (Lipinski definition) is 2. The SMILES string of the molecule is CCCC[C@H]1CN(C(C)=O)CCN1. The van der Waals surface area contributed by atoms with Gasteiger partial charge >= 0.3 is 0 Å². The molecule has 0 unspecified atom stereocenters. The van der Waals surface area contributed by atoms with Crippen molar-refractivity contribution in [3.05, 3.63) is 0 Å². The third-order valence-corrected chi connectivity index (χ3v) is 2.61. The third kappa shape index (κ3) is 3.35. The number of nitrogens with zero attached hydrogens (tertiary/aromatic N) is 1. The molecule has 1 rings (SSSR count). The maximum absolute atomic E-state index is 11.1. The Hall–Kier alpha value is -0.570. The summed E-state index contributed by atoms with van der Waals surface area (Å²) in [4.78, 5) is 13.1. The summed E-state index contributed by atoms with van der Waals surface area (Å²) in [7, 11) is 0. The van der Waals surface area contributed by atoms with E-state index in [1.807, 2.05) is 4.90 Å². The molecule has 1 heterocycles. The van der Waals surface area contributed by atoms with E-state index in [1.165, 1.54) is 19.3 Å². The van der Waals surface area contributed by atoms with Crippen LogP contribution >= 0.6 is 0 Å². The standard InChI is InChI=1S/C10H20N2O/c1-3-4-5-10-8-12(9(2)13)7-6-11-10/h10-11H,3-8H2,1-2H3/t10-/m0/s1. The molecular formula is C10H20N2O. The summed E-state index contributed by atoms with van der Waals surface area (Å²) < 4.78 is 0. The smallest absolute Gasteiger partial charge is 0.219 e. The van der Waals surface area contributed by atoms with Crippen LogP contribution in [0.15, 0.2) is 0 Å². The largest absolute Gasteiger partial charge is 0.340 e. The molecule has 0 spiro atoms. The minimum Gasteiger partial charge on any atom is -0.340 e. The first-order valence-corrected chi connectivity index (χ1v) is 5.23. The highest BCUT2D eigenvalue weighted by Gasteiger charge is 2.19. The molecule has 1 N–H and O–H groups in total. The Morgan fingerprint density at radius 2 is 2.38 bits per heavy atom. The first kappa shape index (κ1) is 10.5. The number of carbonyl (C=O) groups excluding carboxylic acids is 1. The van der Waals surface area contributed by atoms with Crippen LogP contribution in [0.2, 0.25) is 0 Å². The van der Waals surface area contributed by atoms with Crippen LogP contribution in [-0.2, 0) is 4.79 Å². The van der Waals surface area contributed by atoms with Crippen LogP contribution in [0.25, 0.3) is 0 Å². The summed E-state index contributed by atoms with van der Waals surface area (Å²) in [6.45, 7) is 6.58. The van der Waals surface area contributed by atoms with Crippen molar-refractivity contribution in [2.75, 3.05) is 19.6 Å². The summed E-state index contributed by atoms with van der Waals surface area (Å²) >= 11 is 0. The summed E-state index contributed by atoms with van der Waals surface area (Å²) in [5.41, 5.74) is 0. The van der Waals surface area contributed by atoms with E-state index in [2.05, 4.69) is 12.2 Å². The molecule has 3 heteroatoms. The van der Waals surface area contributed by atoms with Gasteiger partial charge in [-0.05, 0) is 6.42 Å². The second-order valence-electron chi connectivity index (χ2n) is 3.76. The van der Waals surface area contributed by atoms with Crippen molar-refractivity contribution in [3.8, 4) is 0 Å². The molecule has 0 aromatic carbocycles. The van der Waals surface area contributed by atoms with Gasteiger partial charge in [-0.15, -0.1) is 0 Å². The van der Waals surface area contributed by atoms with E-state index in [9.17, 15) is 4.79 Å². The topological polar surface area (TPSA) is 32.3 Å². The van der Waals surface area contributed by atoms with E-state index in [-0.39, 0.29) is 5.91 Å². The molecule has 1 fully saturated rings. The number of amides is 1. The average Bonchev–Trinajstić information content (AvgIpc) is 2.15. The Balaban J connectivity index is 2.29. The fourth-order valence-corrected chi connectivity index (χ4v) is 1.76. The van der Waals surface area contributed by atoms with Gasteiger partial charge in [0.15, 0.2) is 0 Å². The van der Waals surface area contributed by atoms with Gasteiger partial charge in [0.25, 0.3) is 0 Å². The highest BCUT2D eigenvalue weighted by atomic mass is 16.2. The highest BCUT2D eigenvalue weighted by molar-refractivity contribution is 5.73. The zero-order valence-corrected chi connectivity index (χ0v) is 8.68. The molecule has 3 nitrogen and oxygen atoms in total. The van der Waals surface area contributed by atoms with E-state index in [4.69, 9.17) is 0 Å². The lowest BCUT2D eigenvalue weighted by molar-refractivity contribution is -0.130. The number of nitrogens with one attached hydrogen (secondary N) is 1. The van der Waals surface area contributed by atoms with Crippen LogP contribution in [0, 0.1) is 0 Å². The molecular weight excluding hydrogens is 164 g/mol. The van der Waals surface area contributed by atoms with E-state index in [1.54, 1.807) is 6.92 Å². The molecule has 1 saturated heterocycles. The quantitative estimate of drug-likeness (QED) is 0.709. The van der Waals surface area contributed by atoms with E-state index < -0.39 is 0 Å². The fourth-order valence-electron chi connectivity index (χ4n) is 1.76. The van der Waals surface area contributed by atoms with Crippen LogP contribution < -0.4 is 5.32 Å². The zero-order chi connectivity index (χ0) is 9.68. The maximum atomic E-state index is 11.1. The second-order valence-corrected chi connectivity index (χ2v) is 3.76. The number of piperazine rings is 1. The van der Waals surface area contributed by atoms with Crippen molar-refractivity contribution in [1.29, 1.82) is 0 Å². The average molecular weight is 184 g/mol. The van der Waals surface area contributed by atoms with Crippen molar-refractivity contribution in [1.82, 2.24) is 10.2 Å². The molecule has 1 atom stereocenters. The van der Waals surface area contributed by atoms with Gasteiger partial charge < -0.3 is 10.2 Å². The van der Waals surface area contributed by atoms with Crippen LogP contribution in [-0.4, -0.2) is 36.5 Å². The minimum absolute atomic E-state index is 0.211. The first-order chi connectivity index (χ1) is 6.24. The van der Waals surface area contributed by atoms with Crippen LogP contribution in [0.5, 0.6) is 0 Å². The van der Waals surface area contributed by atoms with Crippen molar-refractivity contribution in [3.63, 3.8) is 0 Å². The molecule has 0 aromatic heterocycles. The minimum atomic E-state index is 0.211. The van der Waals surface area contributed by atoms with Gasteiger partial charge in [-0.2, -0.15) is 0 Å². The van der Waals surface area contributed by atoms with Gasteiger partial charge in [-0.1, -0.05) is 19.8 Å². The Kier molecular flexibility index (Phi) is 4.22. The predicted molar refractivity (Wildman–Crippen MR) is 53.6 cm³/mol. The van der Waals surface area contributed by atoms with Gasteiger partial charge in [0.2, 0.25) is 5.91 Å². The van der Waals surface area contributed by atoms with E-state index >= 15 is 0 Å². The fraction of sp³-hybridized carbons (Fsp3) is 0.900. The summed E-state index contributed by atoms with van der Waals surface area (Å²) in [5.74, 6) is 0.211. The first-order valence-electron chi connectivity index (χ1n) is 5.23. The molecule has 0 aliphatic carbocycles. The predicted octanol–water partition coefficient (Wildman–Crippen LogP) is 0.997. The number of carbonyl (C=O) groups is 1. The molecule has 0 radical (unpaired) electrons. The lowest BCUT2D eigenvalue weighted by atomic mass is 10.1. The molecule has 76 valence electrons. The summed E-state index contributed by atoms with van der Waals surface area (Å²) in [6, 6.07) is 0.526. The third-order valence-electron chi connectivity index (χ3n) is 2.61. The van der Waals surface area contributed by atoms with Gasteiger partial charge in [0.05, 0.1) is 0 Å². The number of rotatable bonds is 3. The Morgan fingerprint density at radius 3 is 3.00 bits per heavy atom. The van der Waals surface area contributed by atoms with Crippen LogP contribution in [0.4, 0.5) is 0 Å². The summed E-state index contributed by atoms with van der Waals surface area (Å²) in [6.07, 6.45) is 3.68. The Morgan fingerprint density at radius 1 is 1.62 bits per heavy atom. The molecule has 1 aliphatic rings. The molecule has 1 amide bonds. The summed E-state index contributed by atoms with van der Waals surface area (Å²) in [5, 5.41) is 3.44. The zero-order valence-electron chi connectivity index (χ0n) is 8.68.